The molecule has 2 N–H and O–H groups in total. The van der Waals surface area contributed by atoms with E-state index >= 15 is 0 Å². The minimum absolute atomic E-state index is 0.0942. The van der Waals surface area contributed by atoms with Crippen LogP contribution in [-0.2, 0) is 9.53 Å². The van der Waals surface area contributed by atoms with Gasteiger partial charge in [-0.1, -0.05) is 11.6 Å². The van der Waals surface area contributed by atoms with Gasteiger partial charge in [-0.3, -0.25) is 9.69 Å². The molecule has 7 nitrogen and oxygen atoms in total. The van der Waals surface area contributed by atoms with Gasteiger partial charge in [0.25, 0.3) is 5.91 Å². The molecule has 0 spiro atoms. The maximum atomic E-state index is 12.7. The summed E-state index contributed by atoms with van der Waals surface area (Å²) in [5.74, 6) is 0.423. The number of carbonyl (C=O) groups is 1. The monoisotopic (exact) mass is 398 g/mol. The summed E-state index contributed by atoms with van der Waals surface area (Å²) in [5, 5.41) is 21.4. The molecule has 1 amide bonds. The van der Waals surface area contributed by atoms with Crippen LogP contribution < -0.4 is 4.74 Å². The molecule has 2 aliphatic heterocycles. The molecular formula is C19H27ClN2O5. The van der Waals surface area contributed by atoms with Crippen LogP contribution in [0, 0.1) is 6.92 Å². The molecule has 2 aliphatic rings. The zero-order valence-electron chi connectivity index (χ0n) is 15.5. The van der Waals surface area contributed by atoms with Crippen molar-refractivity contribution in [2.45, 2.75) is 31.6 Å². The van der Waals surface area contributed by atoms with E-state index in [2.05, 4.69) is 4.90 Å². The number of likely N-dealkylation sites (tertiary alicyclic amines) is 1. The summed E-state index contributed by atoms with van der Waals surface area (Å²) in [7, 11) is 0. The van der Waals surface area contributed by atoms with E-state index in [1.807, 2.05) is 6.92 Å². The first-order valence-electron chi connectivity index (χ1n) is 9.30. The van der Waals surface area contributed by atoms with Gasteiger partial charge in [0.1, 0.15) is 5.75 Å². The van der Waals surface area contributed by atoms with Crippen LogP contribution in [0.4, 0.5) is 0 Å². The minimum atomic E-state index is -0.888. The summed E-state index contributed by atoms with van der Waals surface area (Å²) in [6, 6.07) is 4.95. The lowest BCUT2D eigenvalue weighted by Gasteiger charge is -2.38. The lowest BCUT2D eigenvalue weighted by Crippen LogP contribution is -2.55. The fourth-order valence-electron chi connectivity index (χ4n) is 3.55. The first-order chi connectivity index (χ1) is 13.0. The Hall–Kier alpha value is -1.38. The summed E-state index contributed by atoms with van der Waals surface area (Å²) >= 11 is 6.01. The average Bonchev–Trinajstić information content (AvgIpc) is 2.83. The van der Waals surface area contributed by atoms with Crippen molar-refractivity contribution in [2.75, 3.05) is 46.0 Å². The van der Waals surface area contributed by atoms with Gasteiger partial charge in [-0.15, -0.1) is 0 Å². The average molecular weight is 399 g/mol. The highest BCUT2D eigenvalue weighted by molar-refractivity contribution is 6.31. The van der Waals surface area contributed by atoms with E-state index in [0.717, 1.165) is 5.56 Å². The maximum Gasteiger partial charge on any atom is 0.260 e. The third-order valence-electron chi connectivity index (χ3n) is 5.25. The Bertz CT molecular complexity index is 653. The van der Waals surface area contributed by atoms with Gasteiger partial charge in [0, 0.05) is 31.2 Å². The van der Waals surface area contributed by atoms with Crippen LogP contribution in [0.1, 0.15) is 12.0 Å². The van der Waals surface area contributed by atoms with E-state index < -0.39 is 12.2 Å². The van der Waals surface area contributed by atoms with Gasteiger partial charge in [-0.2, -0.15) is 0 Å². The van der Waals surface area contributed by atoms with Gasteiger partial charge < -0.3 is 24.6 Å². The maximum absolute atomic E-state index is 12.7. The van der Waals surface area contributed by atoms with E-state index in [1.165, 1.54) is 0 Å². The van der Waals surface area contributed by atoms with Crippen LogP contribution in [0.2, 0.25) is 5.02 Å². The summed E-state index contributed by atoms with van der Waals surface area (Å²) in [4.78, 5) is 16.4. The van der Waals surface area contributed by atoms with Gasteiger partial charge in [-0.05, 0) is 37.1 Å². The van der Waals surface area contributed by atoms with Crippen molar-refractivity contribution in [3.05, 3.63) is 28.8 Å². The number of ether oxygens (including phenoxy) is 2. The van der Waals surface area contributed by atoms with Crippen LogP contribution in [0.3, 0.4) is 0 Å². The highest BCUT2D eigenvalue weighted by Crippen LogP contribution is 2.22. The van der Waals surface area contributed by atoms with Crippen molar-refractivity contribution >= 4 is 17.5 Å². The largest absolute Gasteiger partial charge is 0.484 e. The van der Waals surface area contributed by atoms with Crippen molar-refractivity contribution in [3.8, 4) is 5.75 Å². The van der Waals surface area contributed by atoms with Crippen LogP contribution in [-0.4, -0.2) is 90.2 Å². The molecule has 0 aliphatic carbocycles. The predicted octanol–water partition coefficient (Wildman–Crippen LogP) is 0.682. The standard InChI is InChI=1S/C19H27ClN2O5/c1-13-10-14(2-3-15(13)20)27-12-18(24)22-5-4-17(23)19(25)16(11-22)21-6-8-26-9-7-21/h2-3,10,16-17,19,23,25H,4-9,11-12H2,1H3/t16-,17-,19+/m1/s1. The second-order valence-electron chi connectivity index (χ2n) is 7.10. The molecule has 2 fully saturated rings. The Kier molecular flexibility index (Phi) is 6.94. The molecule has 2 saturated heterocycles. The summed E-state index contributed by atoms with van der Waals surface area (Å²) in [6.45, 7) is 5.07. The molecule has 3 atom stereocenters. The molecule has 1 aromatic rings. The zero-order chi connectivity index (χ0) is 19.4. The zero-order valence-corrected chi connectivity index (χ0v) is 16.3. The number of morpholine rings is 1. The third-order valence-corrected chi connectivity index (χ3v) is 5.67. The second kappa shape index (κ2) is 9.21. The Balaban J connectivity index is 1.63. The number of hydrogen-bond acceptors (Lipinski definition) is 6. The number of benzene rings is 1. The van der Waals surface area contributed by atoms with E-state index in [-0.39, 0.29) is 18.6 Å². The number of aryl methyl sites for hydroxylation is 1. The Morgan fingerprint density at radius 2 is 2.04 bits per heavy atom. The fourth-order valence-corrected chi connectivity index (χ4v) is 3.67. The topological polar surface area (TPSA) is 82.5 Å². The van der Waals surface area contributed by atoms with Crippen LogP contribution in [0.5, 0.6) is 5.75 Å². The molecule has 0 bridgehead atoms. The SMILES string of the molecule is Cc1cc(OCC(=O)N2CC[C@@H](O)[C@@H](O)[C@H](N3CCOCC3)C2)ccc1Cl. The molecule has 27 heavy (non-hydrogen) atoms. The molecule has 2 heterocycles. The number of rotatable bonds is 4. The van der Waals surface area contributed by atoms with Crippen LogP contribution in [0.25, 0.3) is 0 Å². The molecule has 0 radical (unpaired) electrons. The van der Waals surface area contributed by atoms with Crippen molar-refractivity contribution in [2.24, 2.45) is 0 Å². The quantitative estimate of drug-likeness (QED) is 0.776. The second-order valence-corrected chi connectivity index (χ2v) is 7.51. The number of aliphatic hydroxyl groups excluding tert-OH is 2. The van der Waals surface area contributed by atoms with E-state index in [9.17, 15) is 15.0 Å². The Morgan fingerprint density at radius 3 is 2.74 bits per heavy atom. The lowest BCUT2D eigenvalue weighted by molar-refractivity contribution is -0.134. The van der Waals surface area contributed by atoms with Gasteiger partial charge in [0.15, 0.2) is 6.61 Å². The first-order valence-corrected chi connectivity index (χ1v) is 9.68. The molecule has 3 rings (SSSR count). The summed E-state index contributed by atoms with van der Waals surface area (Å²) < 4.78 is 11.0. The van der Waals surface area contributed by atoms with Gasteiger partial charge in [0.05, 0.1) is 31.5 Å². The summed E-state index contributed by atoms with van der Waals surface area (Å²) in [6.07, 6.45) is -1.40. The first kappa shape index (κ1) is 20.4. The van der Waals surface area contributed by atoms with E-state index in [1.54, 1.807) is 23.1 Å². The Morgan fingerprint density at radius 1 is 1.30 bits per heavy atom. The van der Waals surface area contributed by atoms with Crippen molar-refractivity contribution in [1.82, 2.24) is 9.80 Å². The van der Waals surface area contributed by atoms with Gasteiger partial charge in [-0.25, -0.2) is 0 Å². The van der Waals surface area contributed by atoms with Crippen LogP contribution in [0.15, 0.2) is 18.2 Å². The smallest absolute Gasteiger partial charge is 0.260 e. The number of nitrogens with zero attached hydrogens (tertiary/aromatic N) is 2. The lowest BCUT2D eigenvalue weighted by atomic mass is 10.0. The molecule has 1 aromatic carbocycles. The van der Waals surface area contributed by atoms with Gasteiger partial charge >= 0.3 is 0 Å². The number of aliphatic hydroxyl groups is 2. The van der Waals surface area contributed by atoms with Crippen molar-refractivity contribution < 1.29 is 24.5 Å². The fraction of sp³-hybridized carbons (Fsp3) is 0.632. The van der Waals surface area contributed by atoms with Crippen LogP contribution >= 0.6 is 11.6 Å². The van der Waals surface area contributed by atoms with Crippen molar-refractivity contribution in [1.29, 1.82) is 0 Å². The molecule has 0 unspecified atom stereocenters. The highest BCUT2D eigenvalue weighted by atomic mass is 35.5. The van der Waals surface area contributed by atoms with Crippen molar-refractivity contribution in [3.63, 3.8) is 0 Å². The molecule has 8 heteroatoms. The summed E-state index contributed by atoms with van der Waals surface area (Å²) in [5.41, 5.74) is 0.884. The number of amides is 1. The predicted molar refractivity (Wildman–Crippen MR) is 101 cm³/mol. The Labute approximate surface area is 164 Å². The number of carbonyl (C=O) groups excluding carboxylic acids is 1. The molecule has 0 aromatic heterocycles. The van der Waals surface area contributed by atoms with E-state index in [4.69, 9.17) is 21.1 Å². The number of hydrogen-bond donors (Lipinski definition) is 2. The third kappa shape index (κ3) is 5.12. The van der Waals surface area contributed by atoms with E-state index in [0.29, 0.717) is 56.6 Å². The molecule has 150 valence electrons. The minimum Gasteiger partial charge on any atom is -0.484 e. The number of halogens is 1. The van der Waals surface area contributed by atoms with Gasteiger partial charge in [0.2, 0.25) is 0 Å². The molecular weight excluding hydrogens is 372 g/mol. The normalized spacial score (nSPS) is 27.3. The molecule has 0 saturated carbocycles. The highest BCUT2D eigenvalue weighted by Gasteiger charge is 2.37.